The van der Waals surface area contributed by atoms with Crippen LogP contribution in [-0.4, -0.2) is 24.4 Å². The van der Waals surface area contributed by atoms with Crippen LogP contribution in [0.15, 0.2) is 24.3 Å². The van der Waals surface area contributed by atoms with E-state index >= 15 is 0 Å². The van der Waals surface area contributed by atoms with E-state index in [1.807, 2.05) is 31.2 Å². The van der Waals surface area contributed by atoms with Crippen molar-refractivity contribution in [1.29, 1.82) is 0 Å². The molecule has 0 aliphatic carbocycles. The van der Waals surface area contributed by atoms with E-state index in [0.29, 0.717) is 13.0 Å². The highest BCUT2D eigenvalue weighted by atomic mass is 16.5. The van der Waals surface area contributed by atoms with Crippen molar-refractivity contribution >= 4 is 0 Å². The Kier molecular flexibility index (Phi) is 4.43. The Balaban J connectivity index is 2.73. The van der Waals surface area contributed by atoms with Crippen LogP contribution in [0.3, 0.4) is 0 Å². The predicted octanol–water partition coefficient (Wildman–Crippen LogP) is 0.947. The lowest BCUT2D eigenvalue weighted by atomic mass is 10.1. The minimum absolute atomic E-state index is 0.000456. The molecule has 0 bridgehead atoms. The van der Waals surface area contributed by atoms with Gasteiger partial charge in [0.05, 0.1) is 13.2 Å². The maximum Gasteiger partial charge on any atom is 0.122 e. The average molecular weight is 195 g/mol. The van der Waals surface area contributed by atoms with Crippen LogP contribution >= 0.6 is 0 Å². The van der Waals surface area contributed by atoms with Gasteiger partial charge in [0.2, 0.25) is 0 Å². The molecule has 0 fully saturated rings. The lowest BCUT2D eigenvalue weighted by molar-refractivity contribution is 0.263. The number of hydrogen-bond donors (Lipinski definition) is 2. The van der Waals surface area contributed by atoms with Crippen molar-refractivity contribution in [2.45, 2.75) is 19.4 Å². The second-order valence-corrected chi connectivity index (χ2v) is 3.19. The van der Waals surface area contributed by atoms with Crippen LogP contribution in [0.25, 0.3) is 0 Å². The van der Waals surface area contributed by atoms with Crippen molar-refractivity contribution < 1.29 is 9.84 Å². The third-order valence-electron chi connectivity index (χ3n) is 1.99. The highest BCUT2D eigenvalue weighted by molar-refractivity contribution is 5.33. The van der Waals surface area contributed by atoms with Gasteiger partial charge in [-0.2, -0.15) is 0 Å². The first-order chi connectivity index (χ1) is 6.77. The summed E-state index contributed by atoms with van der Waals surface area (Å²) in [7, 11) is 0. The fourth-order valence-electron chi connectivity index (χ4n) is 1.32. The quantitative estimate of drug-likeness (QED) is 0.735. The number of hydrogen-bond acceptors (Lipinski definition) is 3. The van der Waals surface area contributed by atoms with E-state index in [4.69, 9.17) is 15.6 Å². The van der Waals surface area contributed by atoms with E-state index in [1.54, 1.807) is 0 Å². The molecule has 0 spiro atoms. The van der Waals surface area contributed by atoms with Gasteiger partial charge in [-0.25, -0.2) is 0 Å². The molecule has 1 atom stereocenters. The number of ether oxygens (including phenoxy) is 1. The van der Waals surface area contributed by atoms with E-state index in [-0.39, 0.29) is 12.6 Å². The molecule has 0 aliphatic rings. The van der Waals surface area contributed by atoms with Crippen molar-refractivity contribution in [3.05, 3.63) is 29.8 Å². The Bertz CT molecular complexity index is 276. The molecule has 3 N–H and O–H groups in total. The lowest BCUT2D eigenvalue weighted by Gasteiger charge is -2.12. The Labute approximate surface area is 84.5 Å². The van der Waals surface area contributed by atoms with E-state index in [0.717, 1.165) is 11.3 Å². The Hall–Kier alpha value is -1.06. The third kappa shape index (κ3) is 3.01. The van der Waals surface area contributed by atoms with Crippen molar-refractivity contribution in [1.82, 2.24) is 0 Å². The zero-order chi connectivity index (χ0) is 10.4. The largest absolute Gasteiger partial charge is 0.494 e. The SMILES string of the molecule is CCOc1ccccc1CC(N)CO. The number of para-hydroxylation sites is 1. The van der Waals surface area contributed by atoms with Crippen LogP contribution in [-0.2, 0) is 6.42 Å². The van der Waals surface area contributed by atoms with E-state index < -0.39 is 0 Å². The topological polar surface area (TPSA) is 55.5 Å². The van der Waals surface area contributed by atoms with Crippen LogP contribution in [0.1, 0.15) is 12.5 Å². The van der Waals surface area contributed by atoms with Crippen molar-refractivity contribution in [3.63, 3.8) is 0 Å². The number of nitrogens with two attached hydrogens (primary N) is 1. The molecule has 0 amide bonds. The Morgan fingerprint density at radius 1 is 1.43 bits per heavy atom. The molecular weight excluding hydrogens is 178 g/mol. The van der Waals surface area contributed by atoms with Gasteiger partial charge in [-0.15, -0.1) is 0 Å². The summed E-state index contributed by atoms with van der Waals surface area (Å²) in [5, 5.41) is 8.85. The summed E-state index contributed by atoms with van der Waals surface area (Å²) in [6.07, 6.45) is 0.646. The summed E-state index contributed by atoms with van der Waals surface area (Å²) < 4.78 is 5.45. The minimum atomic E-state index is -0.211. The molecule has 1 unspecified atom stereocenters. The predicted molar refractivity (Wildman–Crippen MR) is 56.4 cm³/mol. The number of rotatable bonds is 5. The van der Waals surface area contributed by atoms with Gasteiger partial charge < -0.3 is 15.6 Å². The monoisotopic (exact) mass is 195 g/mol. The second-order valence-electron chi connectivity index (χ2n) is 3.19. The fraction of sp³-hybridized carbons (Fsp3) is 0.455. The Morgan fingerprint density at radius 3 is 2.79 bits per heavy atom. The maximum atomic E-state index is 8.85. The van der Waals surface area contributed by atoms with Crippen molar-refractivity contribution in [2.75, 3.05) is 13.2 Å². The van der Waals surface area contributed by atoms with E-state index in [1.165, 1.54) is 0 Å². The van der Waals surface area contributed by atoms with Gasteiger partial charge >= 0.3 is 0 Å². The van der Waals surface area contributed by atoms with Crippen LogP contribution in [0.4, 0.5) is 0 Å². The van der Waals surface area contributed by atoms with Gasteiger partial charge in [-0.3, -0.25) is 0 Å². The molecule has 0 aliphatic heterocycles. The molecule has 1 aromatic carbocycles. The standard InChI is InChI=1S/C11H17NO2/c1-2-14-11-6-4-3-5-9(11)7-10(12)8-13/h3-6,10,13H,2,7-8,12H2,1H3. The molecule has 14 heavy (non-hydrogen) atoms. The zero-order valence-electron chi connectivity index (χ0n) is 8.44. The summed E-state index contributed by atoms with van der Waals surface area (Å²) in [5.41, 5.74) is 6.72. The molecule has 1 aromatic rings. The van der Waals surface area contributed by atoms with Crippen LogP contribution < -0.4 is 10.5 Å². The van der Waals surface area contributed by atoms with Gasteiger partial charge in [0.1, 0.15) is 5.75 Å². The first-order valence-electron chi connectivity index (χ1n) is 4.85. The van der Waals surface area contributed by atoms with Gasteiger partial charge in [-0.1, -0.05) is 18.2 Å². The van der Waals surface area contributed by atoms with E-state index in [9.17, 15) is 0 Å². The van der Waals surface area contributed by atoms with Crippen LogP contribution in [0, 0.1) is 0 Å². The van der Waals surface area contributed by atoms with Gasteiger partial charge in [0, 0.05) is 6.04 Å². The highest BCUT2D eigenvalue weighted by Gasteiger charge is 2.06. The molecule has 0 saturated carbocycles. The van der Waals surface area contributed by atoms with Gasteiger partial charge in [0.25, 0.3) is 0 Å². The molecule has 3 heteroatoms. The highest BCUT2D eigenvalue weighted by Crippen LogP contribution is 2.18. The molecule has 0 saturated heterocycles. The molecule has 0 aromatic heterocycles. The van der Waals surface area contributed by atoms with Gasteiger partial charge in [0.15, 0.2) is 0 Å². The first-order valence-corrected chi connectivity index (χ1v) is 4.85. The third-order valence-corrected chi connectivity index (χ3v) is 1.99. The van der Waals surface area contributed by atoms with Crippen LogP contribution in [0.5, 0.6) is 5.75 Å². The fourth-order valence-corrected chi connectivity index (χ4v) is 1.32. The molecule has 3 nitrogen and oxygen atoms in total. The molecule has 0 heterocycles. The molecule has 1 rings (SSSR count). The molecular formula is C11H17NO2. The smallest absolute Gasteiger partial charge is 0.122 e. The second kappa shape index (κ2) is 5.62. The molecule has 0 radical (unpaired) electrons. The summed E-state index contributed by atoms with van der Waals surface area (Å²) in [4.78, 5) is 0. The van der Waals surface area contributed by atoms with Crippen molar-refractivity contribution in [3.8, 4) is 5.75 Å². The van der Waals surface area contributed by atoms with Crippen LogP contribution in [0.2, 0.25) is 0 Å². The molecule has 78 valence electrons. The number of benzene rings is 1. The Morgan fingerprint density at radius 2 is 2.14 bits per heavy atom. The maximum absolute atomic E-state index is 8.85. The average Bonchev–Trinajstić information content (AvgIpc) is 2.21. The summed E-state index contributed by atoms with van der Waals surface area (Å²) in [6, 6.07) is 7.56. The van der Waals surface area contributed by atoms with E-state index in [2.05, 4.69) is 0 Å². The number of aliphatic hydroxyl groups excluding tert-OH is 1. The van der Waals surface area contributed by atoms with Gasteiger partial charge in [-0.05, 0) is 25.0 Å². The summed E-state index contributed by atoms with van der Waals surface area (Å²) in [6.45, 7) is 2.59. The minimum Gasteiger partial charge on any atom is -0.494 e. The number of aliphatic hydroxyl groups is 1. The first kappa shape index (κ1) is 11.0. The van der Waals surface area contributed by atoms with Crippen molar-refractivity contribution in [2.24, 2.45) is 5.73 Å². The normalized spacial score (nSPS) is 12.5. The summed E-state index contributed by atoms with van der Waals surface area (Å²) in [5.74, 6) is 0.860. The summed E-state index contributed by atoms with van der Waals surface area (Å²) >= 11 is 0. The zero-order valence-corrected chi connectivity index (χ0v) is 8.44. The lowest BCUT2D eigenvalue weighted by Crippen LogP contribution is -2.27.